The Morgan fingerprint density at radius 2 is 2.05 bits per heavy atom. The van der Waals surface area contributed by atoms with Crippen molar-refractivity contribution < 1.29 is 0 Å². The lowest BCUT2D eigenvalue weighted by Crippen LogP contribution is -2.35. The van der Waals surface area contributed by atoms with E-state index in [0.29, 0.717) is 5.15 Å². The zero-order valence-electron chi connectivity index (χ0n) is 12.0. The summed E-state index contributed by atoms with van der Waals surface area (Å²) in [5.41, 5.74) is 0.941. The molecular weight excluding hydrogens is 274 g/mol. The van der Waals surface area contributed by atoms with Crippen molar-refractivity contribution in [3.8, 4) is 0 Å². The van der Waals surface area contributed by atoms with E-state index < -0.39 is 0 Å². The van der Waals surface area contributed by atoms with Crippen LogP contribution in [0.1, 0.15) is 37.0 Å². The second kappa shape index (κ2) is 5.05. The number of fused-ring (bicyclic) bond motifs is 1. The molecule has 0 N–H and O–H groups in total. The summed E-state index contributed by atoms with van der Waals surface area (Å²) in [5.74, 6) is 3.06. The third-order valence-electron chi connectivity index (χ3n) is 3.64. The van der Waals surface area contributed by atoms with Crippen LogP contribution in [0.5, 0.6) is 0 Å². The predicted molar refractivity (Wildman–Crippen MR) is 79.1 cm³/mol. The largest absolute Gasteiger partial charge is 0.347 e. The number of anilines is 1. The van der Waals surface area contributed by atoms with Gasteiger partial charge in [0.1, 0.15) is 22.6 Å². The van der Waals surface area contributed by atoms with E-state index in [0.717, 1.165) is 42.7 Å². The standard InChI is InChI=1S/C14H18ClN5/c1-9(2)13-17-12(15)10(3)14(18-13)20-7-6-19-5-4-16-11(19)8-20/h4-5,9H,6-8H2,1-3H3. The van der Waals surface area contributed by atoms with Crippen LogP contribution in [0.15, 0.2) is 12.4 Å². The summed E-state index contributed by atoms with van der Waals surface area (Å²) in [6.45, 7) is 8.73. The molecule has 0 atom stereocenters. The van der Waals surface area contributed by atoms with Crippen LogP contribution in [0.4, 0.5) is 5.82 Å². The van der Waals surface area contributed by atoms with Gasteiger partial charge in [-0.25, -0.2) is 15.0 Å². The fourth-order valence-corrected chi connectivity index (χ4v) is 2.59. The molecule has 0 radical (unpaired) electrons. The summed E-state index contributed by atoms with van der Waals surface area (Å²) < 4.78 is 2.18. The van der Waals surface area contributed by atoms with Gasteiger partial charge in [0.15, 0.2) is 0 Å². The van der Waals surface area contributed by atoms with Gasteiger partial charge in [0.25, 0.3) is 0 Å². The number of nitrogens with zero attached hydrogens (tertiary/aromatic N) is 5. The second-order valence-electron chi connectivity index (χ2n) is 5.43. The second-order valence-corrected chi connectivity index (χ2v) is 5.79. The highest BCUT2D eigenvalue weighted by Crippen LogP contribution is 2.28. The van der Waals surface area contributed by atoms with Crippen LogP contribution in [0, 0.1) is 6.92 Å². The summed E-state index contributed by atoms with van der Waals surface area (Å²) in [6, 6.07) is 0. The summed E-state index contributed by atoms with van der Waals surface area (Å²) in [5, 5.41) is 0.549. The number of hydrogen-bond acceptors (Lipinski definition) is 4. The zero-order valence-corrected chi connectivity index (χ0v) is 12.7. The molecule has 3 rings (SSSR count). The van der Waals surface area contributed by atoms with Crippen LogP contribution in [-0.4, -0.2) is 26.1 Å². The maximum Gasteiger partial charge on any atom is 0.137 e. The average molecular weight is 292 g/mol. The SMILES string of the molecule is Cc1c(Cl)nc(C(C)C)nc1N1CCn2ccnc2C1. The molecule has 0 saturated heterocycles. The van der Waals surface area contributed by atoms with E-state index in [1.807, 2.05) is 19.3 Å². The predicted octanol–water partition coefficient (Wildman–Crippen LogP) is 2.78. The third kappa shape index (κ3) is 2.26. The van der Waals surface area contributed by atoms with Crippen molar-refractivity contribution in [2.45, 2.75) is 39.8 Å². The van der Waals surface area contributed by atoms with Crippen molar-refractivity contribution in [1.82, 2.24) is 19.5 Å². The molecule has 0 aromatic carbocycles. The molecule has 0 aliphatic carbocycles. The van der Waals surface area contributed by atoms with E-state index in [9.17, 15) is 0 Å². The monoisotopic (exact) mass is 291 g/mol. The van der Waals surface area contributed by atoms with Gasteiger partial charge in [0.05, 0.1) is 6.54 Å². The topological polar surface area (TPSA) is 46.8 Å². The fraction of sp³-hybridized carbons (Fsp3) is 0.500. The lowest BCUT2D eigenvalue weighted by molar-refractivity contribution is 0.553. The van der Waals surface area contributed by atoms with Crippen molar-refractivity contribution in [1.29, 1.82) is 0 Å². The highest BCUT2D eigenvalue weighted by atomic mass is 35.5. The van der Waals surface area contributed by atoms with E-state index in [-0.39, 0.29) is 5.92 Å². The Balaban J connectivity index is 1.98. The van der Waals surface area contributed by atoms with Gasteiger partial charge in [-0.3, -0.25) is 0 Å². The summed E-state index contributed by atoms with van der Waals surface area (Å²) in [4.78, 5) is 15.7. The molecule has 6 heteroatoms. The number of hydrogen-bond donors (Lipinski definition) is 0. The first-order valence-electron chi connectivity index (χ1n) is 6.85. The quantitative estimate of drug-likeness (QED) is 0.798. The number of rotatable bonds is 2. The van der Waals surface area contributed by atoms with Crippen molar-refractivity contribution in [2.75, 3.05) is 11.4 Å². The third-order valence-corrected chi connectivity index (χ3v) is 4.01. The van der Waals surface area contributed by atoms with Crippen molar-refractivity contribution in [3.63, 3.8) is 0 Å². The van der Waals surface area contributed by atoms with Gasteiger partial charge in [-0.15, -0.1) is 0 Å². The molecule has 3 heterocycles. The number of halogens is 1. The van der Waals surface area contributed by atoms with Crippen LogP contribution < -0.4 is 4.90 Å². The van der Waals surface area contributed by atoms with Gasteiger partial charge in [-0.2, -0.15) is 0 Å². The number of imidazole rings is 1. The Bertz CT molecular complexity index is 634. The molecule has 0 amide bonds. The molecule has 20 heavy (non-hydrogen) atoms. The molecule has 1 aliphatic rings. The minimum absolute atomic E-state index is 0.263. The van der Waals surface area contributed by atoms with E-state index in [1.54, 1.807) is 0 Å². The Morgan fingerprint density at radius 3 is 2.80 bits per heavy atom. The first kappa shape index (κ1) is 13.4. The molecule has 2 aromatic heterocycles. The Labute approximate surface area is 123 Å². The first-order chi connectivity index (χ1) is 9.56. The van der Waals surface area contributed by atoms with Gasteiger partial charge in [0.2, 0.25) is 0 Å². The van der Waals surface area contributed by atoms with Crippen LogP contribution in [0.3, 0.4) is 0 Å². The van der Waals surface area contributed by atoms with Crippen LogP contribution in [0.25, 0.3) is 0 Å². The highest BCUT2D eigenvalue weighted by Gasteiger charge is 2.22. The van der Waals surface area contributed by atoms with Crippen LogP contribution >= 0.6 is 11.6 Å². The maximum atomic E-state index is 6.26. The van der Waals surface area contributed by atoms with Crippen molar-refractivity contribution >= 4 is 17.4 Å². The summed E-state index contributed by atoms with van der Waals surface area (Å²) in [7, 11) is 0. The van der Waals surface area contributed by atoms with Gasteiger partial charge in [-0.1, -0.05) is 25.4 Å². The summed E-state index contributed by atoms with van der Waals surface area (Å²) >= 11 is 6.26. The molecule has 0 unspecified atom stereocenters. The lowest BCUT2D eigenvalue weighted by Gasteiger charge is -2.30. The van der Waals surface area contributed by atoms with Gasteiger partial charge < -0.3 is 9.47 Å². The molecule has 0 spiro atoms. The molecule has 0 bridgehead atoms. The maximum absolute atomic E-state index is 6.26. The summed E-state index contributed by atoms with van der Waals surface area (Å²) in [6.07, 6.45) is 3.87. The molecule has 2 aromatic rings. The average Bonchev–Trinajstić information content (AvgIpc) is 2.88. The van der Waals surface area contributed by atoms with Crippen molar-refractivity contribution in [3.05, 3.63) is 34.8 Å². The molecule has 5 nitrogen and oxygen atoms in total. The Morgan fingerprint density at radius 1 is 1.25 bits per heavy atom. The molecule has 1 aliphatic heterocycles. The van der Waals surface area contributed by atoms with Gasteiger partial charge >= 0.3 is 0 Å². The van der Waals surface area contributed by atoms with E-state index in [1.165, 1.54) is 0 Å². The molecule has 0 saturated carbocycles. The zero-order chi connectivity index (χ0) is 14.3. The smallest absolute Gasteiger partial charge is 0.137 e. The van der Waals surface area contributed by atoms with Crippen LogP contribution in [-0.2, 0) is 13.1 Å². The van der Waals surface area contributed by atoms with E-state index >= 15 is 0 Å². The highest BCUT2D eigenvalue weighted by molar-refractivity contribution is 6.30. The first-order valence-corrected chi connectivity index (χ1v) is 7.23. The van der Waals surface area contributed by atoms with Gasteiger partial charge in [0, 0.05) is 37.0 Å². The minimum Gasteiger partial charge on any atom is -0.347 e. The number of aromatic nitrogens is 4. The van der Waals surface area contributed by atoms with E-state index in [2.05, 4.69) is 33.3 Å². The van der Waals surface area contributed by atoms with Crippen LogP contribution in [0.2, 0.25) is 5.15 Å². The lowest BCUT2D eigenvalue weighted by atomic mass is 10.2. The Hall–Kier alpha value is -1.62. The minimum atomic E-state index is 0.263. The van der Waals surface area contributed by atoms with Gasteiger partial charge in [-0.05, 0) is 6.92 Å². The fourth-order valence-electron chi connectivity index (χ4n) is 2.41. The molecule has 106 valence electrons. The normalized spacial score (nSPS) is 14.8. The molecular formula is C14H18ClN5. The Kier molecular flexibility index (Phi) is 3.38. The van der Waals surface area contributed by atoms with Crippen molar-refractivity contribution in [2.24, 2.45) is 0 Å². The van der Waals surface area contributed by atoms with E-state index in [4.69, 9.17) is 16.6 Å². The molecule has 0 fully saturated rings.